The topological polar surface area (TPSA) is 78.5 Å². The van der Waals surface area contributed by atoms with Gasteiger partial charge in [-0.05, 0) is 63.8 Å². The Morgan fingerprint density at radius 1 is 1.15 bits per heavy atom. The number of carbonyl (C=O) groups is 1. The predicted molar refractivity (Wildman–Crippen MR) is 103 cm³/mol. The van der Waals surface area contributed by atoms with Gasteiger partial charge in [-0.25, -0.2) is 17.9 Å². The van der Waals surface area contributed by atoms with E-state index in [-0.39, 0.29) is 17.0 Å². The maximum atomic E-state index is 12.6. The highest BCUT2D eigenvalue weighted by Gasteiger charge is 2.29. The monoisotopic (exact) mass is 379 g/mol. The highest BCUT2D eigenvalue weighted by atomic mass is 32.2. The van der Waals surface area contributed by atoms with Crippen molar-refractivity contribution in [3.8, 4) is 0 Å². The lowest BCUT2D eigenvalue weighted by molar-refractivity contribution is 0.238. The Balaban J connectivity index is 1.74. The second-order valence-corrected chi connectivity index (χ2v) is 10.0. The lowest BCUT2D eigenvalue weighted by Gasteiger charge is -2.26. The number of amides is 2. The van der Waals surface area contributed by atoms with E-state index < -0.39 is 15.6 Å². The van der Waals surface area contributed by atoms with Crippen molar-refractivity contribution in [3.05, 3.63) is 23.8 Å². The molecule has 2 N–H and O–H groups in total. The fraction of sp³-hybridized carbons (Fsp3) is 0.632. The summed E-state index contributed by atoms with van der Waals surface area (Å²) < 4.78 is 27.7. The van der Waals surface area contributed by atoms with Gasteiger partial charge in [-0.3, -0.25) is 4.90 Å². The van der Waals surface area contributed by atoms with Crippen molar-refractivity contribution in [1.29, 1.82) is 0 Å². The van der Waals surface area contributed by atoms with Crippen LogP contribution in [0.25, 0.3) is 0 Å². The first-order valence-corrected chi connectivity index (χ1v) is 10.9. The Hall–Kier alpha value is -1.60. The van der Waals surface area contributed by atoms with Crippen LogP contribution in [0, 0.1) is 0 Å². The first kappa shape index (κ1) is 19.2. The number of anilines is 1. The minimum atomic E-state index is -3.57. The van der Waals surface area contributed by atoms with E-state index in [1.807, 2.05) is 20.8 Å². The molecule has 0 aromatic heterocycles. The molecule has 0 atom stereocenters. The van der Waals surface area contributed by atoms with Crippen LogP contribution in [0.2, 0.25) is 0 Å². The fourth-order valence-electron chi connectivity index (χ4n) is 3.72. The molecule has 1 aromatic carbocycles. The van der Waals surface area contributed by atoms with Gasteiger partial charge >= 0.3 is 6.03 Å². The molecule has 0 unspecified atom stereocenters. The molecule has 2 amide bonds. The molecular weight excluding hydrogens is 350 g/mol. The van der Waals surface area contributed by atoms with Crippen LogP contribution >= 0.6 is 0 Å². The molecule has 1 heterocycles. The van der Waals surface area contributed by atoms with E-state index in [0.717, 1.165) is 24.1 Å². The summed E-state index contributed by atoms with van der Waals surface area (Å²) in [5, 5.41) is 3.13. The Kier molecular flexibility index (Phi) is 5.30. The van der Waals surface area contributed by atoms with Crippen molar-refractivity contribution >= 4 is 21.7 Å². The summed E-state index contributed by atoms with van der Waals surface area (Å²) in [5.74, 6) is 0. The highest BCUT2D eigenvalue weighted by molar-refractivity contribution is 7.89. The van der Waals surface area contributed by atoms with Crippen LogP contribution in [0.3, 0.4) is 0 Å². The second kappa shape index (κ2) is 7.19. The molecule has 144 valence electrons. The Labute approximate surface area is 156 Å². The van der Waals surface area contributed by atoms with E-state index in [1.165, 1.54) is 19.3 Å². The molecule has 2 aliphatic rings. The number of nitrogens with one attached hydrogen (secondary N) is 2. The number of fused-ring (bicyclic) bond motifs is 1. The van der Waals surface area contributed by atoms with E-state index in [1.54, 1.807) is 23.1 Å². The van der Waals surface area contributed by atoms with Crippen molar-refractivity contribution in [1.82, 2.24) is 10.0 Å². The molecule has 1 aliphatic carbocycles. The van der Waals surface area contributed by atoms with Gasteiger partial charge in [-0.15, -0.1) is 0 Å². The largest absolute Gasteiger partial charge is 0.335 e. The summed E-state index contributed by atoms with van der Waals surface area (Å²) in [6.07, 6.45) is 6.35. The third kappa shape index (κ3) is 4.38. The molecule has 26 heavy (non-hydrogen) atoms. The van der Waals surface area contributed by atoms with Crippen molar-refractivity contribution in [2.24, 2.45) is 0 Å². The van der Waals surface area contributed by atoms with Crippen LogP contribution in [0.5, 0.6) is 0 Å². The summed E-state index contributed by atoms with van der Waals surface area (Å²) in [5.41, 5.74) is 1.18. The summed E-state index contributed by atoms with van der Waals surface area (Å²) in [7, 11) is -3.57. The second-order valence-electron chi connectivity index (χ2n) is 8.33. The lowest BCUT2D eigenvalue weighted by atomic mass is 9.96. The standard InChI is InChI=1S/C19H29N3O3S/c1-19(2,3)21-26(24,25)16-9-10-17-14(13-16)11-12-22(17)18(23)20-15-7-5-4-6-8-15/h9-10,13,15,21H,4-8,11-12H2,1-3H3,(H,20,23). The highest BCUT2D eigenvalue weighted by Crippen LogP contribution is 2.31. The van der Waals surface area contributed by atoms with E-state index in [0.29, 0.717) is 13.0 Å². The van der Waals surface area contributed by atoms with Crippen LogP contribution in [0.1, 0.15) is 58.4 Å². The molecule has 1 fully saturated rings. The van der Waals surface area contributed by atoms with E-state index in [2.05, 4.69) is 10.0 Å². The number of sulfonamides is 1. The van der Waals surface area contributed by atoms with Crippen molar-refractivity contribution in [2.75, 3.05) is 11.4 Å². The number of carbonyl (C=O) groups excluding carboxylic acids is 1. The third-order valence-electron chi connectivity index (χ3n) is 4.88. The molecule has 1 aliphatic heterocycles. The zero-order valence-corrected chi connectivity index (χ0v) is 16.7. The molecule has 0 radical (unpaired) electrons. The summed E-state index contributed by atoms with van der Waals surface area (Å²) in [6, 6.07) is 5.21. The minimum Gasteiger partial charge on any atom is -0.335 e. The molecule has 0 bridgehead atoms. The zero-order chi connectivity index (χ0) is 18.9. The fourth-order valence-corrected chi connectivity index (χ4v) is 5.19. The summed E-state index contributed by atoms with van der Waals surface area (Å²) >= 11 is 0. The number of hydrogen-bond acceptors (Lipinski definition) is 3. The minimum absolute atomic E-state index is 0.0703. The molecule has 6 nitrogen and oxygen atoms in total. The van der Waals surface area contributed by atoms with Crippen molar-refractivity contribution in [3.63, 3.8) is 0 Å². The SMILES string of the molecule is CC(C)(C)NS(=O)(=O)c1ccc2c(c1)CCN2C(=O)NC1CCCCC1. The molecule has 1 saturated carbocycles. The van der Waals surface area contributed by atoms with Gasteiger partial charge < -0.3 is 5.32 Å². The predicted octanol–water partition coefficient (Wildman–Crippen LogP) is 3.17. The zero-order valence-electron chi connectivity index (χ0n) is 15.8. The molecular formula is C19H29N3O3S. The van der Waals surface area contributed by atoms with Gasteiger partial charge in [0.25, 0.3) is 0 Å². The first-order valence-electron chi connectivity index (χ1n) is 9.41. The van der Waals surface area contributed by atoms with Gasteiger partial charge in [0, 0.05) is 23.8 Å². The van der Waals surface area contributed by atoms with Crippen LogP contribution in [0.15, 0.2) is 23.1 Å². The van der Waals surface area contributed by atoms with Crippen LogP contribution in [-0.2, 0) is 16.4 Å². The van der Waals surface area contributed by atoms with Crippen LogP contribution in [-0.4, -0.2) is 32.6 Å². The van der Waals surface area contributed by atoms with Gasteiger partial charge in [0.2, 0.25) is 10.0 Å². The number of hydrogen-bond donors (Lipinski definition) is 2. The number of rotatable bonds is 3. The van der Waals surface area contributed by atoms with Gasteiger partial charge in [-0.1, -0.05) is 19.3 Å². The lowest BCUT2D eigenvalue weighted by Crippen LogP contribution is -2.45. The van der Waals surface area contributed by atoms with E-state index in [4.69, 9.17) is 0 Å². The number of benzene rings is 1. The molecule has 0 spiro atoms. The Bertz CT molecular complexity index is 778. The van der Waals surface area contributed by atoms with Gasteiger partial charge in [0.1, 0.15) is 0 Å². The number of nitrogens with zero attached hydrogens (tertiary/aromatic N) is 1. The van der Waals surface area contributed by atoms with Crippen LogP contribution < -0.4 is 14.9 Å². The van der Waals surface area contributed by atoms with Gasteiger partial charge in [0.15, 0.2) is 0 Å². The molecule has 1 aromatic rings. The smallest absolute Gasteiger partial charge is 0.322 e. The molecule has 3 rings (SSSR count). The average Bonchev–Trinajstić information content (AvgIpc) is 2.96. The molecule has 7 heteroatoms. The third-order valence-corrected chi connectivity index (χ3v) is 6.63. The average molecular weight is 380 g/mol. The van der Waals surface area contributed by atoms with Crippen molar-refractivity contribution < 1.29 is 13.2 Å². The van der Waals surface area contributed by atoms with E-state index >= 15 is 0 Å². The van der Waals surface area contributed by atoms with Crippen molar-refractivity contribution in [2.45, 2.75) is 75.8 Å². The first-order chi connectivity index (χ1) is 12.2. The maximum Gasteiger partial charge on any atom is 0.322 e. The van der Waals surface area contributed by atoms with Crippen LogP contribution in [0.4, 0.5) is 10.5 Å². The van der Waals surface area contributed by atoms with Gasteiger partial charge in [-0.2, -0.15) is 0 Å². The maximum absolute atomic E-state index is 12.6. The Morgan fingerprint density at radius 2 is 1.85 bits per heavy atom. The van der Waals surface area contributed by atoms with E-state index in [9.17, 15) is 13.2 Å². The number of urea groups is 1. The normalized spacial score (nSPS) is 18.7. The summed E-state index contributed by atoms with van der Waals surface area (Å²) in [6.45, 7) is 6.03. The Morgan fingerprint density at radius 3 is 2.50 bits per heavy atom. The van der Waals surface area contributed by atoms with Gasteiger partial charge in [0.05, 0.1) is 4.90 Å². The summed E-state index contributed by atoms with van der Waals surface area (Å²) in [4.78, 5) is 14.6. The quantitative estimate of drug-likeness (QED) is 0.847. The molecule has 0 saturated heterocycles.